The van der Waals surface area contributed by atoms with Gasteiger partial charge in [-0.2, -0.15) is 0 Å². The van der Waals surface area contributed by atoms with Crippen molar-refractivity contribution in [2.24, 2.45) is 0 Å². The van der Waals surface area contributed by atoms with Crippen LogP contribution in [0.25, 0.3) is 10.9 Å². The van der Waals surface area contributed by atoms with Crippen LogP contribution in [0.3, 0.4) is 0 Å². The van der Waals surface area contributed by atoms with Gasteiger partial charge in [-0.1, -0.05) is 18.2 Å². The topological polar surface area (TPSA) is 22.0 Å². The standard InChI is InChI=1S/C17H15NOS/c19-13-14-6-7-17-15(12-14)8-9-18(17)10-11-20-16-4-2-1-3-5-16/h1-9,12-13H,10-11H2. The molecular weight excluding hydrogens is 266 g/mol. The Balaban J connectivity index is 1.70. The number of nitrogens with zero attached hydrogens (tertiary/aromatic N) is 1. The Morgan fingerprint density at radius 2 is 1.90 bits per heavy atom. The number of aromatic nitrogens is 1. The summed E-state index contributed by atoms with van der Waals surface area (Å²) < 4.78 is 2.24. The fourth-order valence-electron chi connectivity index (χ4n) is 2.27. The van der Waals surface area contributed by atoms with Crippen LogP contribution >= 0.6 is 11.8 Å². The smallest absolute Gasteiger partial charge is 0.150 e. The van der Waals surface area contributed by atoms with Crippen molar-refractivity contribution in [2.75, 3.05) is 5.75 Å². The van der Waals surface area contributed by atoms with Gasteiger partial charge in [0.05, 0.1) is 0 Å². The Kier molecular flexibility index (Phi) is 3.88. The van der Waals surface area contributed by atoms with Crippen molar-refractivity contribution in [1.29, 1.82) is 0 Å². The zero-order chi connectivity index (χ0) is 13.8. The van der Waals surface area contributed by atoms with Gasteiger partial charge >= 0.3 is 0 Å². The predicted molar refractivity (Wildman–Crippen MR) is 84.5 cm³/mol. The SMILES string of the molecule is O=Cc1ccc2c(ccn2CCSc2ccccc2)c1. The average molecular weight is 281 g/mol. The van der Waals surface area contributed by atoms with Crippen molar-refractivity contribution in [3.05, 3.63) is 66.4 Å². The summed E-state index contributed by atoms with van der Waals surface area (Å²) in [4.78, 5) is 12.1. The highest BCUT2D eigenvalue weighted by atomic mass is 32.2. The molecule has 2 aromatic carbocycles. The number of aryl methyl sites for hydroxylation is 1. The van der Waals surface area contributed by atoms with Gasteiger partial charge in [-0.05, 0) is 36.4 Å². The summed E-state index contributed by atoms with van der Waals surface area (Å²) in [6.07, 6.45) is 2.98. The molecule has 20 heavy (non-hydrogen) atoms. The first-order valence-corrected chi connectivity index (χ1v) is 7.57. The molecule has 1 heterocycles. The van der Waals surface area contributed by atoms with Crippen molar-refractivity contribution >= 4 is 29.0 Å². The molecule has 0 N–H and O–H groups in total. The van der Waals surface area contributed by atoms with E-state index >= 15 is 0 Å². The van der Waals surface area contributed by atoms with Crippen molar-refractivity contribution in [1.82, 2.24) is 4.57 Å². The Bertz CT molecular complexity index is 718. The maximum Gasteiger partial charge on any atom is 0.150 e. The first-order chi connectivity index (χ1) is 9.86. The van der Waals surface area contributed by atoms with Gasteiger partial charge < -0.3 is 4.57 Å². The van der Waals surface area contributed by atoms with Crippen LogP contribution in [0.5, 0.6) is 0 Å². The van der Waals surface area contributed by atoms with E-state index in [2.05, 4.69) is 41.1 Å². The summed E-state index contributed by atoms with van der Waals surface area (Å²) in [5, 5.41) is 1.12. The molecule has 0 bridgehead atoms. The summed E-state index contributed by atoms with van der Waals surface area (Å²) in [5.41, 5.74) is 1.91. The molecule has 0 amide bonds. The fraction of sp³-hybridized carbons (Fsp3) is 0.118. The van der Waals surface area contributed by atoms with Crippen LogP contribution in [-0.4, -0.2) is 16.6 Å². The lowest BCUT2D eigenvalue weighted by atomic mass is 10.2. The molecule has 0 saturated heterocycles. The maximum atomic E-state index is 10.8. The van der Waals surface area contributed by atoms with Crippen molar-refractivity contribution < 1.29 is 4.79 Å². The first-order valence-electron chi connectivity index (χ1n) is 6.59. The zero-order valence-corrected chi connectivity index (χ0v) is 11.8. The Labute approximate surface area is 122 Å². The third kappa shape index (κ3) is 2.78. The number of aldehydes is 1. The lowest BCUT2D eigenvalue weighted by molar-refractivity contribution is 0.112. The number of thioether (sulfide) groups is 1. The van der Waals surface area contributed by atoms with Crippen LogP contribution in [-0.2, 0) is 6.54 Å². The van der Waals surface area contributed by atoms with Gasteiger partial charge in [-0.25, -0.2) is 0 Å². The molecule has 0 saturated carbocycles. The second kappa shape index (κ2) is 5.97. The molecule has 0 unspecified atom stereocenters. The highest BCUT2D eigenvalue weighted by Crippen LogP contribution is 2.20. The third-order valence-electron chi connectivity index (χ3n) is 3.28. The molecule has 0 fully saturated rings. The van der Waals surface area contributed by atoms with E-state index in [9.17, 15) is 4.79 Å². The molecule has 3 heteroatoms. The van der Waals surface area contributed by atoms with Crippen LogP contribution < -0.4 is 0 Å². The highest BCUT2D eigenvalue weighted by molar-refractivity contribution is 7.99. The van der Waals surface area contributed by atoms with Crippen molar-refractivity contribution in [3.8, 4) is 0 Å². The molecule has 0 spiro atoms. The van der Waals surface area contributed by atoms with Crippen molar-refractivity contribution in [2.45, 2.75) is 11.4 Å². The lowest BCUT2D eigenvalue weighted by Crippen LogP contribution is -1.98. The summed E-state index contributed by atoms with van der Waals surface area (Å²) in [7, 11) is 0. The maximum absolute atomic E-state index is 10.8. The largest absolute Gasteiger partial charge is 0.347 e. The molecule has 0 aliphatic heterocycles. The Morgan fingerprint density at radius 3 is 2.70 bits per heavy atom. The van der Waals surface area contributed by atoms with E-state index in [1.807, 2.05) is 36.0 Å². The number of fused-ring (bicyclic) bond motifs is 1. The molecule has 1 aromatic heterocycles. The highest BCUT2D eigenvalue weighted by Gasteiger charge is 2.02. The molecule has 0 aliphatic rings. The quantitative estimate of drug-likeness (QED) is 0.515. The first kappa shape index (κ1) is 13.0. The monoisotopic (exact) mass is 281 g/mol. The van der Waals surface area contributed by atoms with Crippen molar-refractivity contribution in [3.63, 3.8) is 0 Å². The molecule has 3 aromatic rings. The van der Waals surface area contributed by atoms with Gasteiger partial charge in [0.2, 0.25) is 0 Å². The zero-order valence-electron chi connectivity index (χ0n) is 11.0. The van der Waals surface area contributed by atoms with Crippen LogP contribution in [0, 0.1) is 0 Å². The number of carbonyl (C=O) groups is 1. The fourth-order valence-corrected chi connectivity index (χ4v) is 3.14. The molecule has 0 atom stereocenters. The van der Waals surface area contributed by atoms with Gasteiger partial charge in [-0.15, -0.1) is 11.8 Å². The molecule has 0 aliphatic carbocycles. The number of hydrogen-bond donors (Lipinski definition) is 0. The second-order valence-corrected chi connectivity index (χ2v) is 5.78. The molecular formula is C17H15NOS. The van der Waals surface area contributed by atoms with E-state index in [1.165, 1.54) is 10.4 Å². The number of benzene rings is 2. The minimum atomic E-state index is 0.730. The van der Waals surface area contributed by atoms with Crippen LogP contribution in [0.4, 0.5) is 0 Å². The average Bonchev–Trinajstić information content (AvgIpc) is 2.91. The van der Waals surface area contributed by atoms with Gasteiger partial charge in [0, 0.05) is 39.9 Å². The summed E-state index contributed by atoms with van der Waals surface area (Å²) in [6.45, 7) is 0.962. The van der Waals surface area contributed by atoms with Gasteiger partial charge in [0.1, 0.15) is 6.29 Å². The van der Waals surface area contributed by atoms with E-state index in [0.717, 1.165) is 29.5 Å². The van der Waals surface area contributed by atoms with Crippen LogP contribution in [0.1, 0.15) is 10.4 Å². The van der Waals surface area contributed by atoms with Gasteiger partial charge in [0.25, 0.3) is 0 Å². The second-order valence-electron chi connectivity index (χ2n) is 4.61. The minimum Gasteiger partial charge on any atom is -0.347 e. The lowest BCUT2D eigenvalue weighted by Gasteiger charge is -2.05. The summed E-state index contributed by atoms with van der Waals surface area (Å²) in [6, 6.07) is 18.3. The van der Waals surface area contributed by atoms with E-state index in [0.29, 0.717) is 0 Å². The van der Waals surface area contributed by atoms with Gasteiger partial charge in [0.15, 0.2) is 0 Å². The third-order valence-corrected chi connectivity index (χ3v) is 4.27. The molecule has 0 radical (unpaired) electrons. The van der Waals surface area contributed by atoms with Crippen LogP contribution in [0.15, 0.2) is 65.7 Å². The Morgan fingerprint density at radius 1 is 1.05 bits per heavy atom. The predicted octanol–water partition coefficient (Wildman–Crippen LogP) is 4.25. The van der Waals surface area contributed by atoms with E-state index in [-0.39, 0.29) is 0 Å². The van der Waals surface area contributed by atoms with E-state index in [4.69, 9.17) is 0 Å². The summed E-state index contributed by atoms with van der Waals surface area (Å²) >= 11 is 1.86. The number of rotatable bonds is 5. The number of carbonyl (C=O) groups excluding carboxylic acids is 1. The Hall–Kier alpha value is -2.00. The summed E-state index contributed by atoms with van der Waals surface area (Å²) in [5.74, 6) is 1.03. The van der Waals surface area contributed by atoms with E-state index in [1.54, 1.807) is 0 Å². The molecule has 2 nitrogen and oxygen atoms in total. The molecule has 3 rings (SSSR count). The van der Waals surface area contributed by atoms with Crippen LogP contribution in [0.2, 0.25) is 0 Å². The molecule has 100 valence electrons. The van der Waals surface area contributed by atoms with E-state index < -0.39 is 0 Å². The normalized spacial score (nSPS) is 10.8. The van der Waals surface area contributed by atoms with Gasteiger partial charge in [-0.3, -0.25) is 4.79 Å². The number of hydrogen-bond acceptors (Lipinski definition) is 2. The minimum absolute atomic E-state index is 0.730.